The highest BCUT2D eigenvalue weighted by molar-refractivity contribution is 5.96. The van der Waals surface area contributed by atoms with Crippen LogP contribution in [0.2, 0.25) is 0 Å². The predicted molar refractivity (Wildman–Crippen MR) is 81.0 cm³/mol. The molecule has 0 bridgehead atoms. The molecular formula is C18H26O. The van der Waals surface area contributed by atoms with Crippen LogP contribution in [-0.2, 0) is 10.8 Å². The normalized spacial score (nSPS) is 28.3. The second kappa shape index (κ2) is 4.19. The number of aryl methyl sites for hydroxylation is 1. The van der Waals surface area contributed by atoms with E-state index in [1.807, 2.05) is 0 Å². The molecule has 0 N–H and O–H groups in total. The number of benzene rings is 1. The van der Waals surface area contributed by atoms with Gasteiger partial charge in [-0.25, -0.2) is 0 Å². The number of hydrogen-bond acceptors (Lipinski definition) is 1. The third kappa shape index (κ3) is 1.78. The minimum Gasteiger partial charge on any atom is -0.295 e. The fourth-order valence-electron chi connectivity index (χ4n) is 3.85. The van der Waals surface area contributed by atoms with Crippen LogP contribution in [0.25, 0.3) is 0 Å². The van der Waals surface area contributed by atoms with Crippen LogP contribution in [0.4, 0.5) is 0 Å². The summed E-state index contributed by atoms with van der Waals surface area (Å²) in [5.74, 6) is 0.760. The Kier molecular flexibility index (Phi) is 3.16. The molecule has 0 amide bonds. The first kappa shape index (κ1) is 14.3. The van der Waals surface area contributed by atoms with Crippen molar-refractivity contribution in [3.05, 3.63) is 34.4 Å². The third-order valence-corrected chi connectivity index (χ3v) is 5.83. The van der Waals surface area contributed by atoms with E-state index >= 15 is 0 Å². The molecule has 2 rings (SSSR count). The Bertz CT molecular complexity index is 539. The van der Waals surface area contributed by atoms with Gasteiger partial charge >= 0.3 is 0 Å². The molecule has 19 heavy (non-hydrogen) atoms. The van der Waals surface area contributed by atoms with Crippen molar-refractivity contribution >= 4 is 5.78 Å². The smallest absolute Gasteiger partial charge is 0.160 e. The van der Waals surface area contributed by atoms with Crippen molar-refractivity contribution in [1.29, 1.82) is 0 Å². The molecule has 1 nitrogen and oxygen atoms in total. The fraction of sp³-hybridized carbons (Fsp3) is 0.611. The Balaban J connectivity index is 2.77. The molecule has 104 valence electrons. The van der Waals surface area contributed by atoms with Gasteiger partial charge < -0.3 is 0 Å². The Morgan fingerprint density at radius 3 is 2.26 bits per heavy atom. The molecule has 1 aromatic carbocycles. The van der Waals surface area contributed by atoms with Crippen LogP contribution in [-0.4, -0.2) is 5.78 Å². The number of ketones is 1. The molecule has 2 atom stereocenters. The third-order valence-electron chi connectivity index (χ3n) is 5.83. The first-order valence-corrected chi connectivity index (χ1v) is 7.32. The van der Waals surface area contributed by atoms with Crippen molar-refractivity contribution in [3.63, 3.8) is 0 Å². The number of hydrogen-bond donors (Lipinski definition) is 0. The van der Waals surface area contributed by atoms with Gasteiger partial charge in [0.1, 0.15) is 0 Å². The van der Waals surface area contributed by atoms with Crippen molar-refractivity contribution < 1.29 is 4.79 Å². The second-order valence-corrected chi connectivity index (χ2v) is 6.98. The van der Waals surface area contributed by atoms with Crippen LogP contribution in [0.15, 0.2) is 12.1 Å². The van der Waals surface area contributed by atoms with E-state index in [1.165, 1.54) is 11.1 Å². The van der Waals surface area contributed by atoms with Gasteiger partial charge in [0.25, 0.3) is 0 Å². The van der Waals surface area contributed by atoms with Crippen LogP contribution < -0.4 is 0 Å². The second-order valence-electron chi connectivity index (χ2n) is 6.98. The maximum atomic E-state index is 11.8. The Labute approximate surface area is 117 Å². The summed E-state index contributed by atoms with van der Waals surface area (Å²) in [6, 6.07) is 4.42. The predicted octanol–water partition coefficient (Wildman–Crippen LogP) is 4.79. The number of carbonyl (C=O) groups excluding carboxylic acids is 1. The molecular weight excluding hydrogens is 232 g/mol. The van der Waals surface area contributed by atoms with Crippen LogP contribution in [0.5, 0.6) is 0 Å². The minimum absolute atomic E-state index is 0.137. The lowest BCUT2D eigenvalue weighted by Crippen LogP contribution is -2.32. The summed E-state index contributed by atoms with van der Waals surface area (Å²) in [5, 5.41) is 0. The lowest BCUT2D eigenvalue weighted by molar-refractivity contribution is 0.101. The fourth-order valence-corrected chi connectivity index (χ4v) is 3.85. The zero-order chi connectivity index (χ0) is 14.6. The topological polar surface area (TPSA) is 17.1 Å². The zero-order valence-electron chi connectivity index (χ0n) is 13.3. The Morgan fingerprint density at radius 2 is 1.79 bits per heavy atom. The van der Waals surface area contributed by atoms with Gasteiger partial charge in [-0.3, -0.25) is 4.79 Å². The van der Waals surface area contributed by atoms with Crippen molar-refractivity contribution in [2.24, 2.45) is 5.92 Å². The SMILES string of the molecule is CC[C@]1(C)c2cc(C)c(C(C)=O)cc2C(C)(C)[C@H]1C. The largest absolute Gasteiger partial charge is 0.295 e. The molecule has 1 aromatic rings. The van der Waals surface area contributed by atoms with Crippen LogP contribution >= 0.6 is 0 Å². The average Bonchev–Trinajstić information content (AvgIpc) is 2.48. The van der Waals surface area contributed by atoms with E-state index in [-0.39, 0.29) is 16.6 Å². The number of carbonyl (C=O) groups is 1. The van der Waals surface area contributed by atoms with Gasteiger partial charge in [0.05, 0.1) is 0 Å². The molecule has 1 aliphatic rings. The van der Waals surface area contributed by atoms with Crippen LogP contribution in [0, 0.1) is 12.8 Å². The molecule has 0 saturated heterocycles. The van der Waals surface area contributed by atoms with E-state index < -0.39 is 0 Å². The molecule has 1 aliphatic carbocycles. The molecule has 0 aromatic heterocycles. The number of Topliss-reactive ketones (excluding diaryl/α,β-unsaturated/α-hetero) is 1. The van der Waals surface area contributed by atoms with Crippen LogP contribution in [0.1, 0.15) is 75.0 Å². The van der Waals surface area contributed by atoms with E-state index in [9.17, 15) is 4.79 Å². The lowest BCUT2D eigenvalue weighted by atomic mass is 9.69. The first-order valence-electron chi connectivity index (χ1n) is 7.32. The molecule has 0 saturated carbocycles. The monoisotopic (exact) mass is 258 g/mol. The van der Waals surface area contributed by atoms with E-state index in [2.05, 4.69) is 53.7 Å². The van der Waals surface area contributed by atoms with Gasteiger partial charge in [0.2, 0.25) is 0 Å². The molecule has 0 radical (unpaired) electrons. The molecule has 0 fully saturated rings. The van der Waals surface area contributed by atoms with Crippen LogP contribution in [0.3, 0.4) is 0 Å². The summed E-state index contributed by atoms with van der Waals surface area (Å²) in [4.78, 5) is 11.8. The Morgan fingerprint density at radius 1 is 1.21 bits per heavy atom. The molecule has 0 aliphatic heterocycles. The molecule has 1 heteroatoms. The highest BCUT2D eigenvalue weighted by atomic mass is 16.1. The summed E-state index contributed by atoms with van der Waals surface area (Å²) in [7, 11) is 0. The van der Waals surface area contributed by atoms with Gasteiger partial charge in [0, 0.05) is 5.56 Å². The van der Waals surface area contributed by atoms with E-state index in [0.29, 0.717) is 5.92 Å². The maximum Gasteiger partial charge on any atom is 0.160 e. The summed E-state index contributed by atoms with van der Waals surface area (Å²) in [5.41, 5.74) is 5.20. The Hall–Kier alpha value is -1.11. The zero-order valence-corrected chi connectivity index (χ0v) is 13.3. The minimum atomic E-state index is 0.137. The summed E-state index contributed by atoms with van der Waals surface area (Å²) in [6.07, 6.45) is 1.14. The molecule has 0 heterocycles. The summed E-state index contributed by atoms with van der Waals surface area (Å²) in [6.45, 7) is 15.4. The van der Waals surface area contributed by atoms with Gasteiger partial charge in [-0.2, -0.15) is 0 Å². The van der Waals surface area contributed by atoms with Crippen molar-refractivity contribution in [2.75, 3.05) is 0 Å². The quantitative estimate of drug-likeness (QED) is 0.697. The lowest BCUT2D eigenvalue weighted by Gasteiger charge is -2.35. The highest BCUT2D eigenvalue weighted by Crippen LogP contribution is 2.55. The highest BCUT2D eigenvalue weighted by Gasteiger charge is 2.50. The van der Waals surface area contributed by atoms with E-state index in [0.717, 1.165) is 17.5 Å². The summed E-state index contributed by atoms with van der Waals surface area (Å²) < 4.78 is 0. The summed E-state index contributed by atoms with van der Waals surface area (Å²) >= 11 is 0. The van der Waals surface area contributed by atoms with Gasteiger partial charge in [-0.05, 0) is 59.8 Å². The number of rotatable bonds is 2. The first-order chi connectivity index (χ1) is 8.66. The van der Waals surface area contributed by atoms with E-state index in [4.69, 9.17) is 0 Å². The maximum absolute atomic E-state index is 11.8. The van der Waals surface area contributed by atoms with Crippen molar-refractivity contribution in [1.82, 2.24) is 0 Å². The molecule has 0 spiro atoms. The van der Waals surface area contributed by atoms with Gasteiger partial charge in [-0.1, -0.05) is 40.7 Å². The van der Waals surface area contributed by atoms with Crippen molar-refractivity contribution in [2.45, 2.75) is 65.7 Å². The van der Waals surface area contributed by atoms with Crippen molar-refractivity contribution in [3.8, 4) is 0 Å². The standard InChI is InChI=1S/C18H26O/c1-8-18(7)13(4)17(5,6)15-10-14(12(3)19)11(2)9-16(15)18/h9-10,13H,8H2,1-7H3/t13-,18+/m1/s1. The van der Waals surface area contributed by atoms with Gasteiger partial charge in [0.15, 0.2) is 5.78 Å². The number of fused-ring (bicyclic) bond motifs is 1. The van der Waals surface area contributed by atoms with E-state index in [1.54, 1.807) is 6.92 Å². The average molecular weight is 258 g/mol. The van der Waals surface area contributed by atoms with Gasteiger partial charge in [-0.15, -0.1) is 0 Å². The molecule has 0 unspecified atom stereocenters.